The number of nitrogens with zero attached hydrogens (tertiary/aromatic N) is 3. The summed E-state index contributed by atoms with van der Waals surface area (Å²) in [5.41, 5.74) is 5.42. The second kappa shape index (κ2) is 8.10. The number of anilines is 2. The number of hydrogen-bond donors (Lipinski definition) is 2. The van der Waals surface area contributed by atoms with Crippen molar-refractivity contribution in [1.29, 1.82) is 0 Å². The minimum absolute atomic E-state index is 0.581. The molecule has 0 saturated heterocycles. The van der Waals surface area contributed by atoms with Crippen LogP contribution in [0.25, 0.3) is 11.4 Å². The molecule has 0 saturated carbocycles. The normalized spacial score (nSPS) is 13.5. The van der Waals surface area contributed by atoms with Crippen LogP contribution in [0.15, 0.2) is 42.5 Å². The average molecular weight is 392 g/mol. The highest BCUT2D eigenvalue weighted by atomic mass is 32.1. The molecule has 4 rings (SSSR count). The van der Waals surface area contributed by atoms with Crippen molar-refractivity contribution in [3.8, 4) is 11.4 Å². The fraction of sp³-hybridized carbons (Fsp3) is 0.318. The largest absolute Gasteiger partial charge is 0.332 e. The van der Waals surface area contributed by atoms with E-state index in [-0.39, 0.29) is 0 Å². The van der Waals surface area contributed by atoms with Crippen LogP contribution in [0, 0.1) is 13.8 Å². The molecule has 6 heteroatoms. The third kappa shape index (κ3) is 4.07. The molecule has 0 amide bonds. The van der Waals surface area contributed by atoms with E-state index in [1.165, 1.54) is 24.8 Å². The van der Waals surface area contributed by atoms with E-state index in [0.717, 1.165) is 47.1 Å². The molecule has 1 aromatic heterocycles. The minimum Gasteiger partial charge on any atom is -0.332 e. The lowest BCUT2D eigenvalue weighted by Gasteiger charge is -2.13. The zero-order chi connectivity index (χ0) is 19.5. The average Bonchev–Trinajstić information content (AvgIpc) is 2.93. The van der Waals surface area contributed by atoms with Crippen molar-refractivity contribution < 1.29 is 0 Å². The van der Waals surface area contributed by atoms with E-state index in [0.29, 0.717) is 5.11 Å². The molecule has 0 aliphatic carbocycles. The molecule has 3 aromatic rings. The lowest BCUT2D eigenvalue weighted by molar-refractivity contribution is 0.636. The third-order valence-electron chi connectivity index (χ3n) is 5.15. The Bertz CT molecular complexity index is 991. The maximum absolute atomic E-state index is 5.48. The summed E-state index contributed by atoms with van der Waals surface area (Å²) in [6, 6.07) is 14.5. The molecule has 1 aliphatic heterocycles. The standard InChI is InChI=1S/C22H25N5S/c1-15-7-8-16(2)19(14-15)24-22(28)23-18-11-9-17(10-12-18)21-26-25-20-6-4-3-5-13-27(20)21/h7-12,14H,3-6,13H2,1-2H3,(H2,23,24,28). The minimum atomic E-state index is 0.581. The summed E-state index contributed by atoms with van der Waals surface area (Å²) in [5, 5.41) is 15.9. The maximum atomic E-state index is 5.48. The first kappa shape index (κ1) is 18.6. The van der Waals surface area contributed by atoms with Crippen LogP contribution in [0.1, 0.15) is 36.2 Å². The van der Waals surface area contributed by atoms with Crippen molar-refractivity contribution >= 4 is 28.7 Å². The highest BCUT2D eigenvalue weighted by molar-refractivity contribution is 7.80. The summed E-state index contributed by atoms with van der Waals surface area (Å²) in [6.07, 6.45) is 4.67. The highest BCUT2D eigenvalue weighted by Gasteiger charge is 2.15. The molecule has 0 fully saturated rings. The molecule has 1 aliphatic rings. The third-order valence-corrected chi connectivity index (χ3v) is 5.36. The number of rotatable bonds is 3. The first-order valence-corrected chi connectivity index (χ1v) is 10.2. The number of benzene rings is 2. The van der Waals surface area contributed by atoms with Gasteiger partial charge in [-0.2, -0.15) is 0 Å². The first-order chi connectivity index (χ1) is 13.6. The van der Waals surface area contributed by atoms with E-state index in [4.69, 9.17) is 12.2 Å². The van der Waals surface area contributed by atoms with Gasteiger partial charge in [0.15, 0.2) is 10.9 Å². The van der Waals surface area contributed by atoms with Crippen LogP contribution in [-0.4, -0.2) is 19.9 Å². The van der Waals surface area contributed by atoms with E-state index < -0.39 is 0 Å². The van der Waals surface area contributed by atoms with Gasteiger partial charge in [0.05, 0.1) is 0 Å². The molecule has 144 valence electrons. The predicted octanol–water partition coefficient (Wildman–Crippen LogP) is 5.10. The summed E-state index contributed by atoms with van der Waals surface area (Å²) >= 11 is 5.48. The molecule has 0 radical (unpaired) electrons. The van der Waals surface area contributed by atoms with Gasteiger partial charge in [-0.3, -0.25) is 0 Å². The topological polar surface area (TPSA) is 54.8 Å². The first-order valence-electron chi connectivity index (χ1n) is 9.78. The monoisotopic (exact) mass is 391 g/mol. The second-order valence-electron chi connectivity index (χ2n) is 7.38. The fourth-order valence-corrected chi connectivity index (χ4v) is 3.78. The lowest BCUT2D eigenvalue weighted by atomic mass is 10.1. The van der Waals surface area contributed by atoms with Crippen molar-refractivity contribution in [2.45, 2.75) is 46.1 Å². The van der Waals surface area contributed by atoms with E-state index in [1.807, 2.05) is 12.1 Å². The Morgan fingerprint density at radius 2 is 1.79 bits per heavy atom. The summed E-state index contributed by atoms with van der Waals surface area (Å²) in [5.74, 6) is 2.06. The number of thiocarbonyl (C=S) groups is 1. The van der Waals surface area contributed by atoms with Gasteiger partial charge in [0.2, 0.25) is 0 Å². The SMILES string of the molecule is Cc1ccc(C)c(NC(=S)Nc2ccc(-c3nnc4n3CCCCC4)cc2)c1. The molecule has 2 N–H and O–H groups in total. The molecule has 0 spiro atoms. The second-order valence-corrected chi connectivity index (χ2v) is 7.79. The van der Waals surface area contributed by atoms with Gasteiger partial charge in [-0.25, -0.2) is 0 Å². The van der Waals surface area contributed by atoms with E-state index in [2.05, 4.69) is 69.6 Å². The Balaban J connectivity index is 1.46. The Kier molecular flexibility index (Phi) is 5.39. The van der Waals surface area contributed by atoms with Crippen molar-refractivity contribution in [2.75, 3.05) is 10.6 Å². The van der Waals surface area contributed by atoms with E-state index >= 15 is 0 Å². The van der Waals surface area contributed by atoms with Gasteiger partial charge < -0.3 is 15.2 Å². The number of hydrogen-bond acceptors (Lipinski definition) is 3. The van der Waals surface area contributed by atoms with Crippen LogP contribution in [-0.2, 0) is 13.0 Å². The smallest absolute Gasteiger partial charge is 0.175 e. The molecule has 2 aromatic carbocycles. The molecule has 28 heavy (non-hydrogen) atoms. The van der Waals surface area contributed by atoms with E-state index in [9.17, 15) is 0 Å². The number of fused-ring (bicyclic) bond motifs is 1. The Morgan fingerprint density at radius 3 is 2.61 bits per heavy atom. The van der Waals surface area contributed by atoms with Gasteiger partial charge in [-0.1, -0.05) is 18.6 Å². The Hall–Kier alpha value is -2.73. The molecule has 0 bridgehead atoms. The van der Waals surface area contributed by atoms with Crippen LogP contribution < -0.4 is 10.6 Å². The van der Waals surface area contributed by atoms with Gasteiger partial charge in [-0.05, 0) is 80.4 Å². The predicted molar refractivity (Wildman–Crippen MR) is 119 cm³/mol. The molecule has 2 heterocycles. The fourth-order valence-electron chi connectivity index (χ4n) is 3.56. The van der Waals surface area contributed by atoms with Crippen molar-refractivity contribution in [3.63, 3.8) is 0 Å². The van der Waals surface area contributed by atoms with Gasteiger partial charge in [0, 0.05) is 29.9 Å². The quantitative estimate of drug-likeness (QED) is 0.609. The molecule has 5 nitrogen and oxygen atoms in total. The lowest BCUT2D eigenvalue weighted by Crippen LogP contribution is -2.19. The molecular formula is C22H25N5S. The summed E-state index contributed by atoms with van der Waals surface area (Å²) < 4.78 is 2.27. The highest BCUT2D eigenvalue weighted by Crippen LogP contribution is 2.24. The van der Waals surface area contributed by atoms with Crippen molar-refractivity contribution in [3.05, 3.63) is 59.4 Å². The molecule has 0 atom stereocenters. The van der Waals surface area contributed by atoms with Crippen LogP contribution in [0.5, 0.6) is 0 Å². The maximum Gasteiger partial charge on any atom is 0.175 e. The number of aromatic nitrogens is 3. The zero-order valence-corrected chi connectivity index (χ0v) is 17.1. The summed E-state index contributed by atoms with van der Waals surface area (Å²) in [7, 11) is 0. The van der Waals surface area contributed by atoms with Gasteiger partial charge in [0.25, 0.3) is 0 Å². The Labute approximate surface area is 171 Å². The van der Waals surface area contributed by atoms with Crippen LogP contribution >= 0.6 is 12.2 Å². The van der Waals surface area contributed by atoms with Gasteiger partial charge >= 0.3 is 0 Å². The summed E-state index contributed by atoms with van der Waals surface area (Å²) in [4.78, 5) is 0. The van der Waals surface area contributed by atoms with E-state index in [1.54, 1.807) is 0 Å². The zero-order valence-electron chi connectivity index (χ0n) is 16.3. The molecular weight excluding hydrogens is 366 g/mol. The summed E-state index contributed by atoms with van der Waals surface area (Å²) in [6.45, 7) is 5.15. The molecule has 0 unspecified atom stereocenters. The van der Waals surface area contributed by atoms with Crippen LogP contribution in [0.4, 0.5) is 11.4 Å². The van der Waals surface area contributed by atoms with Crippen molar-refractivity contribution in [2.24, 2.45) is 0 Å². The Morgan fingerprint density at radius 1 is 0.964 bits per heavy atom. The van der Waals surface area contributed by atoms with Crippen molar-refractivity contribution in [1.82, 2.24) is 14.8 Å². The van der Waals surface area contributed by atoms with Gasteiger partial charge in [-0.15, -0.1) is 10.2 Å². The van der Waals surface area contributed by atoms with Crippen LogP contribution in [0.3, 0.4) is 0 Å². The number of aryl methyl sites for hydroxylation is 3. The van der Waals surface area contributed by atoms with Crippen LogP contribution in [0.2, 0.25) is 0 Å². The number of nitrogens with one attached hydrogen (secondary N) is 2. The van der Waals surface area contributed by atoms with Gasteiger partial charge in [0.1, 0.15) is 5.82 Å².